The third kappa shape index (κ3) is 3.25. The van der Waals surface area contributed by atoms with Gasteiger partial charge in [0.15, 0.2) is 0 Å². The maximum atomic E-state index is 13.0. The number of nitrogens with one attached hydrogen (secondary N) is 1. The molecule has 6 nitrogen and oxygen atoms in total. The molecule has 1 aromatic heterocycles. The third-order valence-electron chi connectivity index (χ3n) is 4.51. The molecule has 3 rings (SSSR count). The van der Waals surface area contributed by atoms with Crippen molar-refractivity contribution in [3.63, 3.8) is 0 Å². The number of halogens is 3. The topological polar surface area (TPSA) is 73.1 Å². The Kier molecular flexibility index (Phi) is 4.41. The van der Waals surface area contributed by atoms with Crippen molar-refractivity contribution in [3.05, 3.63) is 34.2 Å². The van der Waals surface area contributed by atoms with Gasteiger partial charge in [-0.25, -0.2) is 4.79 Å². The van der Waals surface area contributed by atoms with Crippen molar-refractivity contribution in [2.75, 3.05) is 0 Å². The van der Waals surface area contributed by atoms with Crippen LogP contribution in [0.3, 0.4) is 0 Å². The van der Waals surface area contributed by atoms with Crippen molar-refractivity contribution in [1.29, 1.82) is 0 Å². The highest BCUT2D eigenvalue weighted by Crippen LogP contribution is 2.28. The molecule has 1 atom stereocenters. The highest BCUT2D eigenvalue weighted by atomic mass is 19.4. The van der Waals surface area contributed by atoms with Crippen molar-refractivity contribution in [2.24, 2.45) is 0 Å². The Morgan fingerprint density at radius 3 is 2.46 bits per heavy atom. The first-order valence-electron chi connectivity index (χ1n) is 8.23. The summed E-state index contributed by atoms with van der Waals surface area (Å²) in [4.78, 5) is 36.2. The fraction of sp³-hybridized carbons (Fsp3) is 0.471. The molecule has 1 aliphatic rings. The van der Waals surface area contributed by atoms with Gasteiger partial charge in [0.2, 0.25) is 11.8 Å². The average Bonchev–Trinajstić information content (AvgIpc) is 2.78. The highest BCUT2D eigenvalue weighted by Gasteiger charge is 2.35. The summed E-state index contributed by atoms with van der Waals surface area (Å²) in [5, 5.41) is 2.14. The second-order valence-corrected chi connectivity index (χ2v) is 6.72. The zero-order valence-electron chi connectivity index (χ0n) is 14.3. The largest absolute Gasteiger partial charge is 0.406 e. The lowest BCUT2D eigenvalue weighted by Gasteiger charge is -2.22. The summed E-state index contributed by atoms with van der Waals surface area (Å²) in [5.74, 6) is -1.07. The number of hydrogen-bond donors (Lipinski definition) is 1. The first kappa shape index (κ1) is 18.2. The van der Waals surface area contributed by atoms with Gasteiger partial charge in [0.05, 0.1) is 11.0 Å². The van der Waals surface area contributed by atoms with Crippen LogP contribution in [-0.4, -0.2) is 27.1 Å². The Bertz CT molecular complexity index is 940. The number of carbonyl (C=O) groups excluding carboxylic acids is 2. The molecule has 0 radical (unpaired) electrons. The van der Waals surface area contributed by atoms with Crippen LogP contribution >= 0.6 is 0 Å². The summed E-state index contributed by atoms with van der Waals surface area (Å²) in [6, 6.07) is 3.83. The summed E-state index contributed by atoms with van der Waals surface area (Å²) in [6.07, 6.45) is -4.48. The molecule has 0 bridgehead atoms. The molecule has 140 valence electrons. The van der Waals surface area contributed by atoms with E-state index in [4.69, 9.17) is 0 Å². The van der Waals surface area contributed by atoms with E-state index in [1.54, 1.807) is 18.2 Å². The van der Waals surface area contributed by atoms with E-state index < -0.39 is 36.3 Å². The molecule has 0 saturated carbocycles. The van der Waals surface area contributed by atoms with Crippen LogP contribution in [0.1, 0.15) is 44.2 Å². The molecule has 1 aromatic carbocycles. The van der Waals surface area contributed by atoms with Crippen LogP contribution in [0.15, 0.2) is 23.0 Å². The fourth-order valence-electron chi connectivity index (χ4n) is 3.22. The summed E-state index contributed by atoms with van der Waals surface area (Å²) in [5.41, 5.74) is 0.253. The van der Waals surface area contributed by atoms with Crippen LogP contribution in [0.25, 0.3) is 11.0 Å². The van der Waals surface area contributed by atoms with E-state index in [0.29, 0.717) is 4.57 Å². The Hall–Kier alpha value is -2.58. The van der Waals surface area contributed by atoms with Gasteiger partial charge in [-0.3, -0.25) is 24.0 Å². The second kappa shape index (κ2) is 6.30. The van der Waals surface area contributed by atoms with Crippen LogP contribution in [-0.2, 0) is 16.1 Å². The van der Waals surface area contributed by atoms with Crippen molar-refractivity contribution in [3.8, 4) is 0 Å². The molecule has 0 spiro atoms. The number of benzene rings is 1. The summed E-state index contributed by atoms with van der Waals surface area (Å²) >= 11 is 0. The van der Waals surface area contributed by atoms with Gasteiger partial charge < -0.3 is 0 Å². The smallest absolute Gasteiger partial charge is 0.295 e. The predicted molar refractivity (Wildman–Crippen MR) is 87.8 cm³/mol. The van der Waals surface area contributed by atoms with E-state index in [1.165, 1.54) is 0 Å². The molecule has 9 heteroatoms. The van der Waals surface area contributed by atoms with E-state index in [2.05, 4.69) is 5.32 Å². The Morgan fingerprint density at radius 1 is 1.19 bits per heavy atom. The van der Waals surface area contributed by atoms with E-state index >= 15 is 0 Å². The number of amides is 2. The number of piperidine rings is 1. The molecule has 1 fully saturated rings. The number of carbonyl (C=O) groups is 2. The van der Waals surface area contributed by atoms with Gasteiger partial charge in [-0.2, -0.15) is 13.2 Å². The fourth-order valence-corrected chi connectivity index (χ4v) is 3.22. The number of nitrogens with zero attached hydrogens (tertiary/aromatic N) is 2. The minimum Gasteiger partial charge on any atom is -0.295 e. The van der Waals surface area contributed by atoms with Crippen molar-refractivity contribution < 1.29 is 22.8 Å². The van der Waals surface area contributed by atoms with Crippen LogP contribution in [0.5, 0.6) is 0 Å². The van der Waals surface area contributed by atoms with E-state index in [-0.39, 0.29) is 29.8 Å². The highest BCUT2D eigenvalue weighted by molar-refractivity contribution is 6.00. The number of rotatable bonds is 3. The molecule has 1 saturated heterocycles. The van der Waals surface area contributed by atoms with E-state index in [9.17, 15) is 27.6 Å². The predicted octanol–water partition coefficient (Wildman–Crippen LogP) is 2.47. The number of imidazole rings is 1. The summed E-state index contributed by atoms with van der Waals surface area (Å²) in [7, 11) is 0. The lowest BCUT2D eigenvalue weighted by atomic mass is 10.0. The molecule has 1 unspecified atom stereocenters. The monoisotopic (exact) mass is 369 g/mol. The SMILES string of the molecule is CC(C)c1ccc2c(c1)n(CC(F)(F)F)c(=O)n2C1CCC(=O)NC1=O. The lowest BCUT2D eigenvalue weighted by Crippen LogP contribution is -2.44. The van der Waals surface area contributed by atoms with Gasteiger partial charge in [-0.1, -0.05) is 19.9 Å². The van der Waals surface area contributed by atoms with Crippen molar-refractivity contribution >= 4 is 22.8 Å². The molecular weight excluding hydrogens is 351 g/mol. The molecule has 1 N–H and O–H groups in total. The zero-order valence-corrected chi connectivity index (χ0v) is 14.3. The quantitative estimate of drug-likeness (QED) is 0.845. The van der Waals surface area contributed by atoms with Gasteiger partial charge in [0.1, 0.15) is 12.6 Å². The molecule has 0 aliphatic carbocycles. The molecule has 2 amide bonds. The molecule has 26 heavy (non-hydrogen) atoms. The maximum absolute atomic E-state index is 13.0. The van der Waals surface area contributed by atoms with Crippen LogP contribution in [0, 0.1) is 0 Å². The molecule has 2 aromatic rings. The summed E-state index contributed by atoms with van der Waals surface area (Å²) < 4.78 is 40.7. The molecule has 1 aliphatic heterocycles. The van der Waals surface area contributed by atoms with Gasteiger partial charge in [-0.15, -0.1) is 0 Å². The van der Waals surface area contributed by atoms with Crippen LogP contribution in [0.4, 0.5) is 13.2 Å². The summed E-state index contributed by atoms with van der Waals surface area (Å²) in [6.45, 7) is 2.35. The van der Waals surface area contributed by atoms with E-state index in [0.717, 1.165) is 10.1 Å². The lowest BCUT2D eigenvalue weighted by molar-refractivity contribution is -0.140. The normalized spacial score (nSPS) is 18.6. The van der Waals surface area contributed by atoms with Gasteiger partial charge in [0.25, 0.3) is 0 Å². The number of hydrogen-bond acceptors (Lipinski definition) is 3. The van der Waals surface area contributed by atoms with Crippen molar-refractivity contribution in [2.45, 2.75) is 51.4 Å². The maximum Gasteiger partial charge on any atom is 0.406 e. The number of aromatic nitrogens is 2. The second-order valence-electron chi connectivity index (χ2n) is 6.72. The van der Waals surface area contributed by atoms with Crippen LogP contribution in [0.2, 0.25) is 0 Å². The van der Waals surface area contributed by atoms with E-state index in [1.807, 2.05) is 13.8 Å². The Balaban J connectivity index is 2.23. The molecule has 2 heterocycles. The first-order valence-corrected chi connectivity index (χ1v) is 8.23. The zero-order chi connectivity index (χ0) is 19.2. The van der Waals surface area contributed by atoms with Gasteiger partial charge >= 0.3 is 11.9 Å². The minimum atomic E-state index is -4.58. The average molecular weight is 369 g/mol. The number of fused-ring (bicyclic) bond motifs is 1. The van der Waals surface area contributed by atoms with Gasteiger partial charge in [-0.05, 0) is 30.0 Å². The van der Waals surface area contributed by atoms with Gasteiger partial charge in [0, 0.05) is 6.42 Å². The third-order valence-corrected chi connectivity index (χ3v) is 4.51. The Labute approximate surface area is 146 Å². The minimum absolute atomic E-state index is 0.0267. The number of alkyl halides is 3. The first-order chi connectivity index (χ1) is 12.1. The van der Waals surface area contributed by atoms with Crippen molar-refractivity contribution in [1.82, 2.24) is 14.5 Å². The molecular formula is C17H18F3N3O3. The van der Waals surface area contributed by atoms with Crippen LogP contribution < -0.4 is 11.0 Å². The number of imide groups is 1. The standard InChI is InChI=1S/C17H18F3N3O3/c1-9(2)10-3-4-11-13(7-10)22(8-17(18,19)20)16(26)23(11)12-5-6-14(24)21-15(12)25/h3-4,7,9,12H,5-6,8H2,1-2H3,(H,21,24,25). The Morgan fingerprint density at radius 2 is 1.88 bits per heavy atom.